The highest BCUT2D eigenvalue weighted by molar-refractivity contribution is 5.97. The molecule has 2 atom stereocenters. The number of rotatable bonds is 2. The zero-order valence-electron chi connectivity index (χ0n) is 11.2. The van der Waals surface area contributed by atoms with Gasteiger partial charge in [0.15, 0.2) is 5.82 Å². The minimum absolute atomic E-state index is 0.150. The number of nitrogens with two attached hydrogens (primary N) is 1. The number of aromatic nitrogens is 1. The fourth-order valence-corrected chi connectivity index (χ4v) is 2.33. The van der Waals surface area contributed by atoms with Crippen molar-refractivity contribution in [1.82, 2.24) is 4.98 Å². The Balaban J connectivity index is 2.28. The Morgan fingerprint density at radius 3 is 3.00 bits per heavy atom. The van der Waals surface area contributed by atoms with Gasteiger partial charge in [-0.05, 0) is 18.4 Å². The van der Waals surface area contributed by atoms with Crippen LogP contribution in [0.25, 0.3) is 0 Å². The Hall–Kier alpha value is -1.82. The topological polar surface area (TPSA) is 88.7 Å². The number of esters is 1. The number of piperidine rings is 1. The number of hydrogen-bond acceptors (Lipinski definition) is 6. The van der Waals surface area contributed by atoms with Crippen molar-refractivity contribution in [3.8, 4) is 0 Å². The molecule has 2 rings (SSSR count). The van der Waals surface area contributed by atoms with Gasteiger partial charge in [0.1, 0.15) is 0 Å². The van der Waals surface area contributed by atoms with Gasteiger partial charge in [0.05, 0.1) is 24.5 Å². The van der Waals surface area contributed by atoms with Crippen molar-refractivity contribution in [3.05, 3.63) is 17.8 Å². The summed E-state index contributed by atoms with van der Waals surface area (Å²) in [6.07, 6.45) is 1.93. The van der Waals surface area contributed by atoms with E-state index in [0.717, 1.165) is 0 Å². The van der Waals surface area contributed by atoms with Gasteiger partial charge in [-0.2, -0.15) is 0 Å². The Kier molecular flexibility index (Phi) is 3.90. The molecule has 6 heteroatoms. The third kappa shape index (κ3) is 2.63. The minimum atomic E-state index is -0.466. The van der Waals surface area contributed by atoms with E-state index < -0.39 is 5.97 Å². The molecule has 19 heavy (non-hydrogen) atoms. The monoisotopic (exact) mass is 265 g/mol. The zero-order valence-corrected chi connectivity index (χ0v) is 11.2. The van der Waals surface area contributed by atoms with Crippen molar-refractivity contribution in [2.45, 2.75) is 19.4 Å². The van der Waals surface area contributed by atoms with Crippen LogP contribution < -0.4 is 10.6 Å². The number of methoxy groups -OCH3 is 1. The number of pyridine rings is 1. The maximum absolute atomic E-state index is 11.6. The summed E-state index contributed by atoms with van der Waals surface area (Å²) in [6, 6.07) is 1.55. The van der Waals surface area contributed by atoms with E-state index in [1.807, 2.05) is 11.8 Å². The molecule has 0 saturated carbocycles. The van der Waals surface area contributed by atoms with E-state index in [-0.39, 0.29) is 12.0 Å². The van der Waals surface area contributed by atoms with Gasteiger partial charge < -0.3 is 20.5 Å². The summed E-state index contributed by atoms with van der Waals surface area (Å²) in [5.74, 6) is 0.268. The van der Waals surface area contributed by atoms with Crippen LogP contribution in [0.1, 0.15) is 23.7 Å². The van der Waals surface area contributed by atoms with Crippen LogP contribution in [-0.4, -0.2) is 42.4 Å². The van der Waals surface area contributed by atoms with E-state index in [9.17, 15) is 9.90 Å². The van der Waals surface area contributed by atoms with E-state index in [0.29, 0.717) is 36.6 Å². The normalized spacial score (nSPS) is 23.2. The lowest BCUT2D eigenvalue weighted by Gasteiger charge is -2.35. The molecule has 2 unspecified atom stereocenters. The average molecular weight is 265 g/mol. The summed E-state index contributed by atoms with van der Waals surface area (Å²) >= 11 is 0. The summed E-state index contributed by atoms with van der Waals surface area (Å²) < 4.78 is 4.69. The van der Waals surface area contributed by atoms with Crippen molar-refractivity contribution in [2.75, 3.05) is 30.8 Å². The SMILES string of the molecule is COC(=O)c1ccnc(N2CCC(O)C(C)C2)c1N. The highest BCUT2D eigenvalue weighted by Crippen LogP contribution is 2.28. The van der Waals surface area contributed by atoms with E-state index in [1.54, 1.807) is 12.3 Å². The number of hydrogen-bond donors (Lipinski definition) is 2. The minimum Gasteiger partial charge on any atom is -0.465 e. The van der Waals surface area contributed by atoms with E-state index >= 15 is 0 Å². The summed E-state index contributed by atoms with van der Waals surface area (Å²) in [4.78, 5) is 17.8. The number of aliphatic hydroxyl groups excluding tert-OH is 1. The third-order valence-corrected chi connectivity index (χ3v) is 3.53. The maximum atomic E-state index is 11.6. The molecule has 104 valence electrons. The highest BCUT2D eigenvalue weighted by atomic mass is 16.5. The Morgan fingerprint density at radius 1 is 1.63 bits per heavy atom. The Bertz CT molecular complexity index is 478. The molecule has 0 aromatic carbocycles. The van der Waals surface area contributed by atoms with E-state index in [2.05, 4.69) is 4.98 Å². The number of carbonyl (C=O) groups excluding carboxylic acids is 1. The molecule has 6 nitrogen and oxygen atoms in total. The van der Waals surface area contributed by atoms with E-state index in [1.165, 1.54) is 7.11 Å². The molecule has 0 radical (unpaired) electrons. The molecule has 1 aromatic rings. The van der Waals surface area contributed by atoms with Gasteiger partial charge in [0, 0.05) is 19.3 Å². The van der Waals surface area contributed by atoms with Crippen molar-refractivity contribution >= 4 is 17.5 Å². The van der Waals surface area contributed by atoms with Crippen LogP contribution in [-0.2, 0) is 4.74 Å². The largest absolute Gasteiger partial charge is 0.465 e. The van der Waals surface area contributed by atoms with Crippen molar-refractivity contribution in [2.24, 2.45) is 5.92 Å². The van der Waals surface area contributed by atoms with Gasteiger partial charge in [0.2, 0.25) is 0 Å². The molecule has 1 fully saturated rings. The lowest BCUT2D eigenvalue weighted by atomic mass is 9.96. The van der Waals surface area contributed by atoms with Crippen molar-refractivity contribution in [1.29, 1.82) is 0 Å². The molecule has 3 N–H and O–H groups in total. The fourth-order valence-electron chi connectivity index (χ4n) is 2.33. The van der Waals surface area contributed by atoms with Gasteiger partial charge in [-0.3, -0.25) is 0 Å². The number of carbonyl (C=O) groups is 1. The van der Waals surface area contributed by atoms with E-state index in [4.69, 9.17) is 10.5 Å². The standard InChI is InChI=1S/C13H19N3O3/c1-8-7-16(6-4-10(8)17)12-11(14)9(3-5-15-12)13(18)19-2/h3,5,8,10,17H,4,6-7,14H2,1-2H3. The first kappa shape index (κ1) is 13.6. The summed E-state index contributed by atoms with van der Waals surface area (Å²) in [7, 11) is 1.32. The van der Waals surface area contributed by atoms with Gasteiger partial charge in [-0.25, -0.2) is 9.78 Å². The molecular formula is C13H19N3O3. The maximum Gasteiger partial charge on any atom is 0.340 e. The molecule has 1 aromatic heterocycles. The quantitative estimate of drug-likeness (QED) is 0.764. The second kappa shape index (κ2) is 5.44. The smallest absolute Gasteiger partial charge is 0.340 e. The summed E-state index contributed by atoms with van der Waals surface area (Å²) in [5, 5.41) is 9.74. The van der Waals surface area contributed by atoms with Crippen LogP contribution in [0, 0.1) is 5.92 Å². The highest BCUT2D eigenvalue weighted by Gasteiger charge is 2.27. The first-order valence-electron chi connectivity index (χ1n) is 6.30. The van der Waals surface area contributed by atoms with Gasteiger partial charge in [0.25, 0.3) is 0 Å². The molecule has 0 bridgehead atoms. The van der Waals surface area contributed by atoms with Gasteiger partial charge >= 0.3 is 5.97 Å². The first-order valence-corrected chi connectivity index (χ1v) is 6.30. The second-order valence-corrected chi connectivity index (χ2v) is 4.87. The molecule has 1 aliphatic heterocycles. The average Bonchev–Trinajstić information content (AvgIpc) is 2.41. The third-order valence-electron chi connectivity index (χ3n) is 3.53. The number of ether oxygens (including phenoxy) is 1. The lowest BCUT2D eigenvalue weighted by molar-refractivity contribution is 0.0601. The molecule has 0 aliphatic carbocycles. The lowest BCUT2D eigenvalue weighted by Crippen LogP contribution is -2.42. The fraction of sp³-hybridized carbons (Fsp3) is 0.538. The predicted molar refractivity (Wildman–Crippen MR) is 72.0 cm³/mol. The Labute approximate surface area is 112 Å². The van der Waals surface area contributed by atoms with Crippen molar-refractivity contribution in [3.63, 3.8) is 0 Å². The predicted octanol–water partition coefficient (Wildman–Crippen LogP) is 0.657. The Morgan fingerprint density at radius 2 is 2.37 bits per heavy atom. The van der Waals surface area contributed by atoms with Crippen LogP contribution in [0.2, 0.25) is 0 Å². The molecule has 2 heterocycles. The molecule has 1 saturated heterocycles. The summed E-state index contributed by atoms with van der Waals surface area (Å²) in [6.45, 7) is 3.33. The van der Waals surface area contributed by atoms with Gasteiger partial charge in [-0.15, -0.1) is 0 Å². The summed E-state index contributed by atoms with van der Waals surface area (Å²) in [5.41, 5.74) is 6.66. The molecular weight excluding hydrogens is 246 g/mol. The zero-order chi connectivity index (χ0) is 14.0. The number of nitrogen functional groups attached to an aromatic ring is 1. The number of aliphatic hydroxyl groups is 1. The van der Waals surface area contributed by atoms with Crippen LogP contribution in [0.4, 0.5) is 11.5 Å². The van der Waals surface area contributed by atoms with Crippen molar-refractivity contribution < 1.29 is 14.6 Å². The van der Waals surface area contributed by atoms with Crippen LogP contribution in [0.3, 0.4) is 0 Å². The van der Waals surface area contributed by atoms with Gasteiger partial charge in [-0.1, -0.05) is 6.92 Å². The first-order chi connectivity index (χ1) is 9.04. The number of nitrogens with zero attached hydrogens (tertiary/aromatic N) is 2. The second-order valence-electron chi connectivity index (χ2n) is 4.87. The molecule has 0 amide bonds. The van der Waals surface area contributed by atoms with Crippen LogP contribution >= 0.6 is 0 Å². The number of anilines is 2. The molecule has 0 spiro atoms. The van der Waals surface area contributed by atoms with Crippen LogP contribution in [0.5, 0.6) is 0 Å². The molecule has 1 aliphatic rings. The van der Waals surface area contributed by atoms with Crippen LogP contribution in [0.15, 0.2) is 12.3 Å².